The molecule has 2 aliphatic rings. The van der Waals surface area contributed by atoms with Gasteiger partial charge in [-0.15, -0.1) is 0 Å². The summed E-state index contributed by atoms with van der Waals surface area (Å²) in [6.07, 6.45) is 5.03. The molecule has 0 bridgehead atoms. The molecule has 2 unspecified atom stereocenters. The quantitative estimate of drug-likeness (QED) is 0.146. The summed E-state index contributed by atoms with van der Waals surface area (Å²) in [4.78, 5) is 0. The molecule has 0 aliphatic heterocycles. The molecular formula is C37H29PTi. The third-order valence-corrected chi connectivity index (χ3v) is 14.0. The molecule has 2 heteroatoms. The minimum atomic E-state index is -0.609. The van der Waals surface area contributed by atoms with Crippen LogP contribution in [0.15, 0.2) is 144 Å². The van der Waals surface area contributed by atoms with Crippen LogP contribution in [0.4, 0.5) is 0 Å². The van der Waals surface area contributed by atoms with Gasteiger partial charge in [-0.05, 0) is 0 Å². The molecule has 0 aromatic heterocycles. The van der Waals surface area contributed by atoms with Crippen molar-refractivity contribution in [2.45, 2.75) is 15.4 Å². The Morgan fingerprint density at radius 1 is 0.538 bits per heavy atom. The Bertz CT molecular complexity index is 1650. The van der Waals surface area contributed by atoms with Gasteiger partial charge in [0, 0.05) is 0 Å². The van der Waals surface area contributed by atoms with Gasteiger partial charge in [-0.3, -0.25) is 0 Å². The third-order valence-electron chi connectivity index (χ3n) is 7.89. The first-order valence-corrected chi connectivity index (χ1v) is 16.8. The molecule has 0 saturated heterocycles. The van der Waals surface area contributed by atoms with E-state index in [9.17, 15) is 0 Å². The molecule has 0 N–H and O–H groups in total. The van der Waals surface area contributed by atoms with E-state index in [2.05, 4.69) is 153 Å². The summed E-state index contributed by atoms with van der Waals surface area (Å²) < 4.78 is 1.04. The molecule has 39 heavy (non-hydrogen) atoms. The van der Waals surface area contributed by atoms with Gasteiger partial charge in [0.1, 0.15) is 0 Å². The van der Waals surface area contributed by atoms with Crippen LogP contribution in [0, 0.1) is 0 Å². The van der Waals surface area contributed by atoms with Crippen molar-refractivity contribution < 1.29 is 19.2 Å². The fourth-order valence-electron chi connectivity index (χ4n) is 6.09. The standard InChI is InChI=1S/C21H16P.C16H13.Ti/c1-3-11-19(12-4-1)22(20-13-5-2-6-14-20)21-15-17-9-7-8-10-18(17)16-21;1-12-10-14-8-5-9-15(16(14)11-12)13-6-3-2-4-7-13;/h1-16H;2-11H,1H3;. The summed E-state index contributed by atoms with van der Waals surface area (Å²) in [5.41, 5.74) is 10.1. The van der Waals surface area contributed by atoms with E-state index in [1.807, 2.05) is 0 Å². The van der Waals surface area contributed by atoms with Crippen molar-refractivity contribution in [3.8, 4) is 11.1 Å². The normalized spacial score (nSPS) is 17.4. The van der Waals surface area contributed by atoms with Gasteiger partial charge in [-0.2, -0.15) is 0 Å². The van der Waals surface area contributed by atoms with Gasteiger partial charge in [0.25, 0.3) is 0 Å². The van der Waals surface area contributed by atoms with Crippen molar-refractivity contribution in [3.05, 3.63) is 167 Å². The summed E-state index contributed by atoms with van der Waals surface area (Å²) in [5.74, 6) is 0. The van der Waals surface area contributed by atoms with Crippen molar-refractivity contribution in [2.24, 2.45) is 0 Å². The van der Waals surface area contributed by atoms with Crippen LogP contribution in [0.3, 0.4) is 0 Å². The molecule has 0 heterocycles. The number of fused-ring (bicyclic) bond motifs is 2. The van der Waals surface area contributed by atoms with Crippen LogP contribution in [-0.4, -0.2) is 0 Å². The van der Waals surface area contributed by atoms with Crippen molar-refractivity contribution in [1.29, 1.82) is 0 Å². The third kappa shape index (κ3) is 4.62. The molecule has 0 fully saturated rings. The second kappa shape index (κ2) is 10.7. The summed E-state index contributed by atoms with van der Waals surface area (Å²) in [7, 11) is -0.609. The molecule has 0 nitrogen and oxygen atoms in total. The minimum absolute atomic E-state index is 0.446. The average molecular weight is 552 g/mol. The molecule has 2 aliphatic carbocycles. The van der Waals surface area contributed by atoms with Gasteiger partial charge in [0.05, 0.1) is 0 Å². The van der Waals surface area contributed by atoms with Crippen LogP contribution < -0.4 is 10.6 Å². The molecule has 7 rings (SSSR count). The van der Waals surface area contributed by atoms with Crippen molar-refractivity contribution >= 4 is 30.7 Å². The summed E-state index contributed by atoms with van der Waals surface area (Å²) in [5, 5.41) is 4.52. The first-order valence-electron chi connectivity index (χ1n) is 13.6. The van der Waals surface area contributed by atoms with Crippen molar-refractivity contribution in [1.82, 2.24) is 0 Å². The SMILES string of the molecule is CC1=Cc2c(-c3ccccc3)cccc2[CH]1[Ti][CH]1C(P(c2ccccc2)c2ccccc2)=Cc2ccccc21. The Balaban J connectivity index is 1.32. The maximum absolute atomic E-state index is 2.55. The van der Waals surface area contributed by atoms with Crippen LogP contribution in [-0.2, 0) is 19.2 Å². The predicted octanol–water partition coefficient (Wildman–Crippen LogP) is 9.12. The predicted molar refractivity (Wildman–Crippen MR) is 165 cm³/mol. The monoisotopic (exact) mass is 552 g/mol. The second-order valence-corrected chi connectivity index (χ2v) is 14.8. The summed E-state index contributed by atoms with van der Waals surface area (Å²) >= 11 is -0.446. The Morgan fingerprint density at radius 2 is 1.13 bits per heavy atom. The van der Waals surface area contributed by atoms with Crippen LogP contribution in [0.5, 0.6) is 0 Å². The van der Waals surface area contributed by atoms with E-state index in [4.69, 9.17) is 0 Å². The zero-order valence-corrected chi connectivity index (χ0v) is 24.4. The number of hydrogen-bond acceptors (Lipinski definition) is 0. The van der Waals surface area contributed by atoms with E-state index in [1.54, 1.807) is 5.31 Å². The summed E-state index contributed by atoms with van der Waals surface area (Å²) in [6, 6.07) is 49.4. The Labute approximate surface area is 241 Å². The molecule has 5 aromatic carbocycles. The van der Waals surface area contributed by atoms with E-state index in [0.29, 0.717) is 8.45 Å². The van der Waals surface area contributed by atoms with Gasteiger partial charge in [0.2, 0.25) is 0 Å². The van der Waals surface area contributed by atoms with Gasteiger partial charge in [0.15, 0.2) is 0 Å². The van der Waals surface area contributed by atoms with E-state index in [0.717, 1.165) is 0 Å². The molecule has 0 radical (unpaired) electrons. The number of benzene rings is 5. The fourth-order valence-corrected chi connectivity index (χ4v) is 12.3. The Morgan fingerprint density at radius 3 is 1.82 bits per heavy atom. The Hall–Kier alpha value is -3.28. The van der Waals surface area contributed by atoms with Crippen LogP contribution >= 0.6 is 7.92 Å². The van der Waals surface area contributed by atoms with Crippen LogP contribution in [0.25, 0.3) is 23.3 Å². The first kappa shape index (κ1) is 24.7. The summed E-state index contributed by atoms with van der Waals surface area (Å²) in [6.45, 7) is 2.37. The van der Waals surface area contributed by atoms with Gasteiger partial charge < -0.3 is 0 Å². The number of allylic oxidation sites excluding steroid dienone is 2. The first-order chi connectivity index (χ1) is 19.3. The van der Waals surface area contributed by atoms with Gasteiger partial charge in [-0.1, -0.05) is 0 Å². The van der Waals surface area contributed by atoms with E-state index >= 15 is 0 Å². The fraction of sp³-hybridized carbons (Fsp3) is 0.0811. The molecule has 0 spiro atoms. The molecule has 0 amide bonds. The van der Waals surface area contributed by atoms with Crippen molar-refractivity contribution in [2.75, 3.05) is 0 Å². The number of rotatable bonds is 6. The zero-order chi connectivity index (χ0) is 26.2. The zero-order valence-electron chi connectivity index (χ0n) is 22.0. The van der Waals surface area contributed by atoms with Gasteiger partial charge >= 0.3 is 243 Å². The molecule has 0 saturated carbocycles. The average Bonchev–Trinajstić information content (AvgIpc) is 3.52. The van der Waals surface area contributed by atoms with E-state index < -0.39 is 27.1 Å². The van der Waals surface area contributed by atoms with Crippen LogP contribution in [0.2, 0.25) is 0 Å². The number of hydrogen-bond donors (Lipinski definition) is 0. The molecular weight excluding hydrogens is 523 g/mol. The molecule has 2 atom stereocenters. The van der Waals surface area contributed by atoms with Gasteiger partial charge in [-0.25, -0.2) is 0 Å². The van der Waals surface area contributed by atoms with E-state index in [1.165, 1.54) is 49.6 Å². The van der Waals surface area contributed by atoms with E-state index in [-0.39, 0.29) is 0 Å². The second-order valence-electron chi connectivity index (χ2n) is 10.3. The molecule has 5 aromatic rings. The van der Waals surface area contributed by atoms with Crippen molar-refractivity contribution in [3.63, 3.8) is 0 Å². The molecule has 186 valence electrons. The maximum atomic E-state index is 2.55. The van der Waals surface area contributed by atoms with Crippen LogP contribution in [0.1, 0.15) is 37.6 Å². The topological polar surface area (TPSA) is 0 Å². The Kier molecular flexibility index (Phi) is 6.79.